The van der Waals surface area contributed by atoms with Crippen molar-refractivity contribution in [2.75, 3.05) is 7.11 Å². The van der Waals surface area contributed by atoms with E-state index in [1.807, 2.05) is 42.5 Å². The summed E-state index contributed by atoms with van der Waals surface area (Å²) in [4.78, 5) is 16.0. The van der Waals surface area contributed by atoms with Gasteiger partial charge >= 0.3 is 0 Å². The van der Waals surface area contributed by atoms with E-state index in [1.165, 1.54) is 0 Å². The van der Waals surface area contributed by atoms with Crippen LogP contribution in [0.25, 0.3) is 0 Å². The number of carbonyl (C=O) groups excluding carboxylic acids is 1. The Morgan fingerprint density at radius 2 is 2.00 bits per heavy atom. The average molecular weight is 283 g/mol. The van der Waals surface area contributed by atoms with Crippen LogP contribution in [0.4, 0.5) is 0 Å². The first-order chi connectivity index (χ1) is 10.2. The van der Waals surface area contributed by atoms with Gasteiger partial charge < -0.3 is 4.74 Å². The molecule has 108 valence electrons. The van der Waals surface area contributed by atoms with E-state index in [4.69, 9.17) is 4.74 Å². The zero-order chi connectivity index (χ0) is 15.1. The molecule has 0 saturated heterocycles. The standard InChI is InChI=1S/C16H17N3O2/c1-12(15-5-3-4-10-17-15)18-19-16(20)11-13-6-8-14(21-2)9-7-13/h3-10H,11H2,1-2H3,(H,19,20)/b18-12+. The Bertz CT molecular complexity index is 622. The van der Waals surface area contributed by atoms with Crippen LogP contribution in [-0.2, 0) is 11.2 Å². The molecule has 21 heavy (non-hydrogen) atoms. The Kier molecular flexibility index (Phi) is 5.04. The van der Waals surface area contributed by atoms with E-state index in [1.54, 1.807) is 20.2 Å². The van der Waals surface area contributed by atoms with E-state index >= 15 is 0 Å². The maximum absolute atomic E-state index is 11.8. The van der Waals surface area contributed by atoms with Crippen molar-refractivity contribution in [3.8, 4) is 5.75 Å². The summed E-state index contributed by atoms with van der Waals surface area (Å²) in [6, 6.07) is 12.9. The van der Waals surface area contributed by atoms with Crippen molar-refractivity contribution in [2.45, 2.75) is 13.3 Å². The van der Waals surface area contributed by atoms with Gasteiger partial charge in [-0.25, -0.2) is 5.43 Å². The summed E-state index contributed by atoms with van der Waals surface area (Å²) in [7, 11) is 1.61. The van der Waals surface area contributed by atoms with E-state index in [9.17, 15) is 4.79 Å². The Labute approximate surface area is 123 Å². The summed E-state index contributed by atoms with van der Waals surface area (Å²) in [5.74, 6) is 0.596. The topological polar surface area (TPSA) is 63.6 Å². The van der Waals surface area contributed by atoms with Crippen molar-refractivity contribution in [3.05, 3.63) is 59.9 Å². The molecule has 0 fully saturated rings. The molecule has 5 heteroatoms. The molecule has 0 aliphatic rings. The van der Waals surface area contributed by atoms with Gasteiger partial charge in [0.1, 0.15) is 5.75 Å². The Hall–Kier alpha value is -2.69. The predicted molar refractivity (Wildman–Crippen MR) is 81.3 cm³/mol. The van der Waals surface area contributed by atoms with Crippen LogP contribution in [0.15, 0.2) is 53.8 Å². The fourth-order valence-corrected chi connectivity index (χ4v) is 1.75. The third kappa shape index (κ3) is 4.42. The first kappa shape index (κ1) is 14.7. The fourth-order valence-electron chi connectivity index (χ4n) is 1.75. The summed E-state index contributed by atoms with van der Waals surface area (Å²) >= 11 is 0. The van der Waals surface area contributed by atoms with Crippen molar-refractivity contribution in [2.24, 2.45) is 5.10 Å². The van der Waals surface area contributed by atoms with Gasteiger partial charge in [-0.15, -0.1) is 0 Å². The Balaban J connectivity index is 1.92. The molecule has 1 aromatic heterocycles. The van der Waals surface area contributed by atoms with Gasteiger partial charge in [0, 0.05) is 6.20 Å². The summed E-state index contributed by atoms with van der Waals surface area (Å²) < 4.78 is 5.07. The predicted octanol–water partition coefficient (Wildman–Crippen LogP) is 2.17. The lowest BCUT2D eigenvalue weighted by Crippen LogP contribution is -2.21. The van der Waals surface area contributed by atoms with Crippen LogP contribution < -0.4 is 10.2 Å². The molecular formula is C16H17N3O2. The van der Waals surface area contributed by atoms with Gasteiger partial charge in [-0.3, -0.25) is 9.78 Å². The molecule has 2 rings (SSSR count). The molecule has 0 spiro atoms. The van der Waals surface area contributed by atoms with Gasteiger partial charge in [0.15, 0.2) is 0 Å². The highest BCUT2D eigenvalue weighted by atomic mass is 16.5. The van der Waals surface area contributed by atoms with Crippen molar-refractivity contribution in [3.63, 3.8) is 0 Å². The van der Waals surface area contributed by atoms with Crippen LogP contribution in [-0.4, -0.2) is 23.7 Å². The molecule has 1 aromatic carbocycles. The van der Waals surface area contributed by atoms with Crippen LogP contribution in [0.1, 0.15) is 18.2 Å². The van der Waals surface area contributed by atoms with Gasteiger partial charge in [0.05, 0.1) is 24.9 Å². The molecule has 0 saturated carbocycles. The number of ether oxygens (including phenoxy) is 1. The van der Waals surface area contributed by atoms with Crippen molar-refractivity contribution in [1.82, 2.24) is 10.4 Å². The monoisotopic (exact) mass is 283 g/mol. The molecule has 1 N–H and O–H groups in total. The zero-order valence-electron chi connectivity index (χ0n) is 12.0. The molecule has 0 atom stereocenters. The maximum atomic E-state index is 11.8. The summed E-state index contributed by atoms with van der Waals surface area (Å²) in [6.07, 6.45) is 1.95. The number of methoxy groups -OCH3 is 1. The molecule has 1 amide bonds. The highest BCUT2D eigenvalue weighted by Gasteiger charge is 2.04. The highest BCUT2D eigenvalue weighted by Crippen LogP contribution is 2.11. The number of amides is 1. The third-order valence-electron chi connectivity index (χ3n) is 2.91. The molecular weight excluding hydrogens is 266 g/mol. The second kappa shape index (κ2) is 7.19. The number of hydrogen-bond donors (Lipinski definition) is 1. The molecule has 0 aliphatic heterocycles. The minimum Gasteiger partial charge on any atom is -0.497 e. The Morgan fingerprint density at radius 1 is 1.24 bits per heavy atom. The van der Waals surface area contributed by atoms with Gasteiger partial charge in [0.25, 0.3) is 0 Å². The number of hydrazone groups is 1. The first-order valence-corrected chi connectivity index (χ1v) is 6.56. The maximum Gasteiger partial charge on any atom is 0.244 e. The number of hydrogen-bond acceptors (Lipinski definition) is 4. The van der Waals surface area contributed by atoms with Gasteiger partial charge in [-0.1, -0.05) is 18.2 Å². The lowest BCUT2D eigenvalue weighted by Gasteiger charge is -2.04. The van der Waals surface area contributed by atoms with E-state index < -0.39 is 0 Å². The molecule has 0 aliphatic carbocycles. The number of nitrogens with zero attached hydrogens (tertiary/aromatic N) is 2. The number of aromatic nitrogens is 1. The molecule has 2 aromatic rings. The minimum atomic E-state index is -0.171. The highest BCUT2D eigenvalue weighted by molar-refractivity contribution is 5.97. The van der Waals surface area contributed by atoms with Crippen LogP contribution in [0.5, 0.6) is 5.75 Å². The normalized spacial score (nSPS) is 11.0. The number of rotatable bonds is 5. The van der Waals surface area contributed by atoms with Crippen LogP contribution in [0.2, 0.25) is 0 Å². The Morgan fingerprint density at radius 3 is 2.62 bits per heavy atom. The van der Waals surface area contributed by atoms with E-state index in [-0.39, 0.29) is 12.3 Å². The first-order valence-electron chi connectivity index (χ1n) is 6.56. The largest absolute Gasteiger partial charge is 0.497 e. The molecule has 0 radical (unpaired) electrons. The molecule has 0 unspecified atom stereocenters. The van der Waals surface area contributed by atoms with Crippen molar-refractivity contribution >= 4 is 11.6 Å². The second-order valence-electron chi connectivity index (χ2n) is 4.47. The second-order valence-corrected chi connectivity index (χ2v) is 4.47. The minimum absolute atomic E-state index is 0.171. The number of benzene rings is 1. The van der Waals surface area contributed by atoms with Crippen LogP contribution >= 0.6 is 0 Å². The van der Waals surface area contributed by atoms with Crippen LogP contribution in [0, 0.1) is 0 Å². The summed E-state index contributed by atoms with van der Waals surface area (Å²) in [6.45, 7) is 1.80. The molecule has 1 heterocycles. The van der Waals surface area contributed by atoms with Crippen LogP contribution in [0.3, 0.4) is 0 Å². The quantitative estimate of drug-likeness (QED) is 0.675. The third-order valence-corrected chi connectivity index (χ3v) is 2.91. The van der Waals surface area contributed by atoms with E-state index in [2.05, 4.69) is 15.5 Å². The van der Waals surface area contributed by atoms with E-state index in [0.717, 1.165) is 17.0 Å². The lowest BCUT2D eigenvalue weighted by molar-refractivity contribution is -0.120. The van der Waals surface area contributed by atoms with Crippen molar-refractivity contribution < 1.29 is 9.53 Å². The summed E-state index contributed by atoms with van der Waals surface area (Å²) in [5.41, 5.74) is 4.84. The average Bonchev–Trinajstić information content (AvgIpc) is 2.54. The van der Waals surface area contributed by atoms with Crippen molar-refractivity contribution in [1.29, 1.82) is 0 Å². The molecule has 5 nitrogen and oxygen atoms in total. The summed E-state index contributed by atoms with van der Waals surface area (Å²) in [5, 5.41) is 4.05. The number of nitrogens with one attached hydrogen (secondary N) is 1. The molecule has 0 bridgehead atoms. The van der Waals surface area contributed by atoms with Gasteiger partial charge in [-0.2, -0.15) is 5.10 Å². The zero-order valence-corrected chi connectivity index (χ0v) is 12.0. The number of carbonyl (C=O) groups is 1. The fraction of sp³-hybridized carbons (Fsp3) is 0.188. The smallest absolute Gasteiger partial charge is 0.244 e. The van der Waals surface area contributed by atoms with Gasteiger partial charge in [-0.05, 0) is 36.8 Å². The van der Waals surface area contributed by atoms with Gasteiger partial charge in [0.2, 0.25) is 5.91 Å². The lowest BCUT2D eigenvalue weighted by atomic mass is 10.1. The van der Waals surface area contributed by atoms with E-state index in [0.29, 0.717) is 5.71 Å². The SMILES string of the molecule is COc1ccc(CC(=O)N/N=C(\C)c2ccccn2)cc1. The number of pyridine rings is 1.